The Morgan fingerprint density at radius 1 is 0.769 bits per heavy atom. The summed E-state index contributed by atoms with van der Waals surface area (Å²) in [5.41, 5.74) is 6.16. The first kappa shape index (κ1) is 17.9. The van der Waals surface area contributed by atoms with Crippen molar-refractivity contribution in [1.29, 1.82) is 0 Å². The van der Waals surface area contributed by atoms with E-state index in [0.29, 0.717) is 0 Å². The average Bonchev–Trinajstić information content (AvgIpc) is 2.63. The first-order valence-electron chi connectivity index (χ1n) is 8.93. The molecule has 0 heterocycles. The van der Waals surface area contributed by atoms with Crippen molar-refractivity contribution in [2.24, 2.45) is 5.41 Å². The maximum absolute atomic E-state index is 12.5. The molecular formula is C24H25NO. The zero-order valence-electron chi connectivity index (χ0n) is 15.8. The molecule has 1 amide bonds. The smallest absolute Gasteiger partial charge is 0.229 e. The van der Waals surface area contributed by atoms with Crippen LogP contribution in [0, 0.1) is 12.3 Å². The Kier molecular flexibility index (Phi) is 4.94. The van der Waals surface area contributed by atoms with E-state index in [1.807, 2.05) is 57.2 Å². The van der Waals surface area contributed by atoms with Gasteiger partial charge in [-0.05, 0) is 46.9 Å². The van der Waals surface area contributed by atoms with E-state index in [1.54, 1.807) is 0 Å². The second kappa shape index (κ2) is 7.17. The van der Waals surface area contributed by atoms with Gasteiger partial charge < -0.3 is 5.32 Å². The quantitative estimate of drug-likeness (QED) is 0.593. The van der Waals surface area contributed by atoms with Gasteiger partial charge in [0.15, 0.2) is 0 Å². The predicted octanol–water partition coefficient (Wildman–Crippen LogP) is 6.31. The molecule has 3 rings (SSSR count). The highest BCUT2D eigenvalue weighted by Crippen LogP contribution is 2.35. The van der Waals surface area contributed by atoms with Gasteiger partial charge in [0.25, 0.3) is 0 Å². The minimum Gasteiger partial charge on any atom is -0.326 e. The molecule has 0 aliphatic heterocycles. The van der Waals surface area contributed by atoms with E-state index < -0.39 is 5.41 Å². The summed E-state index contributed by atoms with van der Waals surface area (Å²) in [6, 6.07) is 24.7. The molecule has 2 nitrogen and oxygen atoms in total. The Hall–Kier alpha value is -2.87. The molecule has 0 fully saturated rings. The van der Waals surface area contributed by atoms with Gasteiger partial charge >= 0.3 is 0 Å². The molecule has 2 heteroatoms. The van der Waals surface area contributed by atoms with E-state index >= 15 is 0 Å². The third-order valence-electron chi connectivity index (χ3n) is 4.52. The van der Waals surface area contributed by atoms with Gasteiger partial charge in [0.2, 0.25) is 5.91 Å². The van der Waals surface area contributed by atoms with Crippen LogP contribution in [0.25, 0.3) is 22.3 Å². The molecule has 0 spiro atoms. The second-order valence-corrected chi connectivity index (χ2v) is 7.63. The molecule has 0 aliphatic carbocycles. The van der Waals surface area contributed by atoms with E-state index in [2.05, 4.69) is 48.6 Å². The fraction of sp³-hybridized carbons (Fsp3) is 0.208. The molecule has 26 heavy (non-hydrogen) atoms. The number of amides is 1. The summed E-state index contributed by atoms with van der Waals surface area (Å²) in [5, 5.41) is 3.09. The molecule has 0 bridgehead atoms. The number of carbonyl (C=O) groups excluding carboxylic acids is 1. The van der Waals surface area contributed by atoms with Crippen LogP contribution in [0.2, 0.25) is 0 Å². The minimum atomic E-state index is -0.440. The van der Waals surface area contributed by atoms with Crippen LogP contribution in [0.1, 0.15) is 26.3 Å². The number of anilines is 1. The summed E-state index contributed by atoms with van der Waals surface area (Å²) in [5.74, 6) is 0.0133. The molecule has 0 atom stereocenters. The lowest BCUT2D eigenvalue weighted by Gasteiger charge is -2.20. The summed E-state index contributed by atoms with van der Waals surface area (Å²) in [4.78, 5) is 12.5. The molecule has 0 radical (unpaired) electrons. The number of rotatable bonds is 3. The summed E-state index contributed by atoms with van der Waals surface area (Å²) in [6.45, 7) is 7.91. The fourth-order valence-electron chi connectivity index (χ4n) is 2.94. The number of carbonyl (C=O) groups is 1. The summed E-state index contributed by atoms with van der Waals surface area (Å²) in [7, 11) is 0. The lowest BCUT2D eigenvalue weighted by molar-refractivity contribution is -0.123. The zero-order valence-corrected chi connectivity index (χ0v) is 15.8. The van der Waals surface area contributed by atoms with Crippen LogP contribution in [0.15, 0.2) is 72.8 Å². The Bertz CT molecular complexity index is 845. The van der Waals surface area contributed by atoms with E-state index in [9.17, 15) is 4.79 Å². The second-order valence-electron chi connectivity index (χ2n) is 7.63. The Balaban J connectivity index is 2.15. The minimum absolute atomic E-state index is 0.0133. The maximum Gasteiger partial charge on any atom is 0.229 e. The van der Waals surface area contributed by atoms with Crippen LogP contribution >= 0.6 is 0 Å². The number of nitrogens with one attached hydrogen (secondary N) is 1. The van der Waals surface area contributed by atoms with Gasteiger partial charge in [-0.2, -0.15) is 0 Å². The van der Waals surface area contributed by atoms with Gasteiger partial charge in [0, 0.05) is 11.1 Å². The highest BCUT2D eigenvalue weighted by Gasteiger charge is 2.22. The third kappa shape index (κ3) is 3.85. The van der Waals surface area contributed by atoms with E-state index in [1.165, 1.54) is 5.56 Å². The summed E-state index contributed by atoms with van der Waals surface area (Å²) < 4.78 is 0. The normalized spacial score (nSPS) is 11.2. The van der Waals surface area contributed by atoms with Gasteiger partial charge in [0.05, 0.1) is 0 Å². The van der Waals surface area contributed by atoms with Crippen LogP contribution in [-0.4, -0.2) is 5.91 Å². The van der Waals surface area contributed by atoms with Crippen molar-refractivity contribution in [3.05, 3.63) is 78.4 Å². The van der Waals surface area contributed by atoms with Gasteiger partial charge in [-0.1, -0.05) is 81.4 Å². The first-order chi connectivity index (χ1) is 12.4. The third-order valence-corrected chi connectivity index (χ3v) is 4.52. The molecule has 1 N–H and O–H groups in total. The Morgan fingerprint density at radius 2 is 1.19 bits per heavy atom. The van der Waals surface area contributed by atoms with Gasteiger partial charge in [-0.25, -0.2) is 0 Å². The van der Waals surface area contributed by atoms with Crippen molar-refractivity contribution in [2.45, 2.75) is 27.7 Å². The number of hydrogen-bond acceptors (Lipinski definition) is 1. The van der Waals surface area contributed by atoms with Gasteiger partial charge in [-0.3, -0.25) is 4.79 Å². The highest BCUT2D eigenvalue weighted by molar-refractivity contribution is 5.96. The largest absolute Gasteiger partial charge is 0.326 e. The van der Waals surface area contributed by atoms with Crippen LogP contribution in [0.3, 0.4) is 0 Å². The van der Waals surface area contributed by atoms with E-state index in [0.717, 1.165) is 27.9 Å². The van der Waals surface area contributed by atoms with E-state index in [4.69, 9.17) is 0 Å². The van der Waals surface area contributed by atoms with Crippen molar-refractivity contribution in [3.8, 4) is 22.3 Å². The molecule has 0 aromatic heterocycles. The molecule has 0 aliphatic rings. The van der Waals surface area contributed by atoms with Crippen LogP contribution in [0.4, 0.5) is 5.69 Å². The Labute approximate surface area is 155 Å². The van der Waals surface area contributed by atoms with Crippen LogP contribution in [-0.2, 0) is 4.79 Å². The standard InChI is InChI=1S/C24H25NO/c1-17-21(18-11-7-5-8-12-18)15-20(25-23(26)24(2,3)4)16-22(17)19-13-9-6-10-14-19/h5-16H,1-4H3,(H,25,26). The number of hydrogen-bond donors (Lipinski definition) is 1. The molecule has 0 saturated heterocycles. The lowest BCUT2D eigenvalue weighted by atomic mass is 9.91. The molecule has 0 saturated carbocycles. The lowest BCUT2D eigenvalue weighted by Crippen LogP contribution is -2.27. The van der Waals surface area contributed by atoms with Crippen molar-refractivity contribution < 1.29 is 4.79 Å². The molecule has 3 aromatic carbocycles. The first-order valence-corrected chi connectivity index (χ1v) is 8.93. The maximum atomic E-state index is 12.5. The van der Waals surface area contributed by atoms with Crippen LogP contribution < -0.4 is 5.32 Å². The highest BCUT2D eigenvalue weighted by atomic mass is 16.2. The number of benzene rings is 3. The SMILES string of the molecule is Cc1c(-c2ccccc2)cc(NC(=O)C(C)(C)C)cc1-c1ccccc1. The molecule has 0 unspecified atom stereocenters. The zero-order chi connectivity index (χ0) is 18.7. The average molecular weight is 343 g/mol. The topological polar surface area (TPSA) is 29.1 Å². The molecular weight excluding hydrogens is 318 g/mol. The predicted molar refractivity (Wildman–Crippen MR) is 110 cm³/mol. The van der Waals surface area contributed by atoms with E-state index in [-0.39, 0.29) is 5.91 Å². The van der Waals surface area contributed by atoms with Crippen molar-refractivity contribution >= 4 is 11.6 Å². The van der Waals surface area contributed by atoms with Crippen molar-refractivity contribution in [1.82, 2.24) is 0 Å². The van der Waals surface area contributed by atoms with Crippen molar-refractivity contribution in [2.75, 3.05) is 5.32 Å². The van der Waals surface area contributed by atoms with Gasteiger partial charge in [0.1, 0.15) is 0 Å². The summed E-state index contributed by atoms with van der Waals surface area (Å²) >= 11 is 0. The molecule has 132 valence electrons. The van der Waals surface area contributed by atoms with Crippen molar-refractivity contribution in [3.63, 3.8) is 0 Å². The van der Waals surface area contributed by atoms with Crippen LogP contribution in [0.5, 0.6) is 0 Å². The van der Waals surface area contributed by atoms with Gasteiger partial charge in [-0.15, -0.1) is 0 Å². The Morgan fingerprint density at radius 3 is 1.58 bits per heavy atom. The molecule has 3 aromatic rings. The fourth-order valence-corrected chi connectivity index (χ4v) is 2.94. The summed E-state index contributed by atoms with van der Waals surface area (Å²) in [6.07, 6.45) is 0. The monoisotopic (exact) mass is 343 g/mol.